The van der Waals surface area contributed by atoms with Gasteiger partial charge in [0.15, 0.2) is 0 Å². The average molecular weight is 303 g/mol. The zero-order chi connectivity index (χ0) is 12.8. The third-order valence-corrected chi connectivity index (χ3v) is 2.88. The summed E-state index contributed by atoms with van der Waals surface area (Å²) in [5.41, 5.74) is 6.34. The van der Waals surface area contributed by atoms with Crippen LogP contribution in [0.2, 0.25) is 0 Å². The maximum absolute atomic E-state index is 13.0. The number of benzene rings is 1. The molecule has 0 heterocycles. The maximum atomic E-state index is 13.0. The van der Waals surface area contributed by atoms with E-state index < -0.39 is 0 Å². The molecule has 0 saturated carbocycles. The van der Waals surface area contributed by atoms with Crippen molar-refractivity contribution in [1.82, 2.24) is 5.32 Å². The van der Waals surface area contributed by atoms with Crippen LogP contribution in [0, 0.1) is 5.82 Å². The molecule has 0 aliphatic heterocycles. The normalized spacial score (nSPS) is 12.2. The van der Waals surface area contributed by atoms with Crippen molar-refractivity contribution in [2.75, 3.05) is 6.54 Å². The Morgan fingerprint density at radius 3 is 2.88 bits per heavy atom. The minimum atomic E-state index is -0.328. The number of carbonyl (C=O) groups excluding carboxylic acids is 1. The Morgan fingerprint density at radius 1 is 1.59 bits per heavy atom. The van der Waals surface area contributed by atoms with E-state index in [0.717, 1.165) is 12.0 Å². The zero-order valence-electron chi connectivity index (χ0n) is 9.67. The van der Waals surface area contributed by atoms with Crippen molar-refractivity contribution < 1.29 is 9.18 Å². The maximum Gasteiger partial charge on any atom is 0.224 e. The fraction of sp³-hybridized carbons (Fsp3) is 0.417. The number of amides is 1. The van der Waals surface area contributed by atoms with E-state index in [9.17, 15) is 9.18 Å². The summed E-state index contributed by atoms with van der Waals surface area (Å²) in [6.07, 6.45) is 0.997. The van der Waals surface area contributed by atoms with Gasteiger partial charge in [-0.15, -0.1) is 0 Å². The van der Waals surface area contributed by atoms with Crippen LogP contribution in [0.5, 0.6) is 0 Å². The molecule has 3 nitrogen and oxygen atoms in total. The lowest BCUT2D eigenvalue weighted by Gasteiger charge is -2.07. The summed E-state index contributed by atoms with van der Waals surface area (Å²) in [5.74, 6) is -0.407. The molecule has 0 radical (unpaired) electrons. The fourth-order valence-electron chi connectivity index (χ4n) is 1.34. The van der Waals surface area contributed by atoms with Gasteiger partial charge in [-0.25, -0.2) is 4.39 Å². The highest BCUT2D eigenvalue weighted by atomic mass is 79.9. The van der Waals surface area contributed by atoms with Crippen molar-refractivity contribution in [1.29, 1.82) is 0 Å². The van der Waals surface area contributed by atoms with Gasteiger partial charge in [0.05, 0.1) is 10.9 Å². The quantitative estimate of drug-likeness (QED) is 0.874. The summed E-state index contributed by atoms with van der Waals surface area (Å²) in [5, 5.41) is 2.77. The van der Waals surface area contributed by atoms with Crippen LogP contribution in [0.4, 0.5) is 4.39 Å². The summed E-state index contributed by atoms with van der Waals surface area (Å²) in [6, 6.07) is 4.63. The Labute approximate surface area is 109 Å². The van der Waals surface area contributed by atoms with E-state index in [-0.39, 0.29) is 24.2 Å². The Hall–Kier alpha value is -0.940. The van der Waals surface area contributed by atoms with E-state index in [2.05, 4.69) is 21.2 Å². The first-order valence-electron chi connectivity index (χ1n) is 5.45. The van der Waals surface area contributed by atoms with Gasteiger partial charge in [0.2, 0.25) is 5.91 Å². The molecule has 1 aromatic rings. The van der Waals surface area contributed by atoms with Gasteiger partial charge in [0.25, 0.3) is 0 Å². The molecule has 0 saturated heterocycles. The molecule has 3 N–H and O–H groups in total. The molecule has 1 rings (SSSR count). The van der Waals surface area contributed by atoms with Gasteiger partial charge in [0.1, 0.15) is 5.82 Å². The first-order valence-corrected chi connectivity index (χ1v) is 6.24. The zero-order valence-corrected chi connectivity index (χ0v) is 11.3. The van der Waals surface area contributed by atoms with Crippen LogP contribution in [-0.2, 0) is 11.2 Å². The van der Waals surface area contributed by atoms with Gasteiger partial charge in [-0.05, 0) is 47.0 Å². The number of halogens is 2. The number of carbonyl (C=O) groups is 1. The van der Waals surface area contributed by atoms with Crippen LogP contribution >= 0.6 is 15.9 Å². The van der Waals surface area contributed by atoms with Crippen molar-refractivity contribution in [3.63, 3.8) is 0 Å². The summed E-state index contributed by atoms with van der Waals surface area (Å²) < 4.78 is 13.3. The molecule has 1 amide bonds. The van der Waals surface area contributed by atoms with Crippen LogP contribution in [0.25, 0.3) is 0 Å². The molecule has 17 heavy (non-hydrogen) atoms. The first kappa shape index (κ1) is 14.1. The van der Waals surface area contributed by atoms with Crippen molar-refractivity contribution in [2.24, 2.45) is 5.73 Å². The van der Waals surface area contributed by atoms with Gasteiger partial charge in [-0.2, -0.15) is 0 Å². The number of hydrogen-bond donors (Lipinski definition) is 2. The van der Waals surface area contributed by atoms with Gasteiger partial charge < -0.3 is 11.1 Å². The van der Waals surface area contributed by atoms with Crippen LogP contribution in [0.1, 0.15) is 18.9 Å². The molecule has 5 heteroatoms. The summed E-state index contributed by atoms with van der Waals surface area (Å²) >= 11 is 3.08. The molecule has 1 unspecified atom stereocenters. The standard InChI is InChI=1S/C12H16BrFN2O/c1-8(15)4-5-16-12(17)7-9-2-3-11(14)10(13)6-9/h2-3,6,8H,4-5,7,15H2,1H3,(H,16,17). The minimum absolute atomic E-state index is 0.0789. The molecular formula is C12H16BrFN2O. The molecule has 0 aliphatic carbocycles. The predicted molar refractivity (Wildman–Crippen MR) is 69.1 cm³/mol. The lowest BCUT2D eigenvalue weighted by Crippen LogP contribution is -2.30. The van der Waals surface area contributed by atoms with Crippen LogP contribution in [0.15, 0.2) is 22.7 Å². The van der Waals surface area contributed by atoms with E-state index in [4.69, 9.17) is 5.73 Å². The monoisotopic (exact) mass is 302 g/mol. The SMILES string of the molecule is CC(N)CCNC(=O)Cc1ccc(F)c(Br)c1. The fourth-order valence-corrected chi connectivity index (χ4v) is 1.76. The Morgan fingerprint density at radius 2 is 2.29 bits per heavy atom. The highest BCUT2D eigenvalue weighted by Crippen LogP contribution is 2.17. The number of hydrogen-bond acceptors (Lipinski definition) is 2. The lowest BCUT2D eigenvalue weighted by atomic mass is 10.1. The highest BCUT2D eigenvalue weighted by Gasteiger charge is 2.06. The number of nitrogens with one attached hydrogen (secondary N) is 1. The average Bonchev–Trinajstić information content (AvgIpc) is 2.23. The van der Waals surface area contributed by atoms with Gasteiger partial charge >= 0.3 is 0 Å². The third kappa shape index (κ3) is 5.28. The second-order valence-corrected chi connectivity index (χ2v) is 4.90. The molecule has 0 aliphatic rings. The summed E-state index contributed by atoms with van der Waals surface area (Å²) in [4.78, 5) is 11.5. The summed E-state index contributed by atoms with van der Waals surface area (Å²) in [6.45, 7) is 2.46. The van der Waals surface area contributed by atoms with Crippen molar-refractivity contribution >= 4 is 21.8 Å². The van der Waals surface area contributed by atoms with E-state index in [1.54, 1.807) is 12.1 Å². The van der Waals surface area contributed by atoms with Gasteiger partial charge in [-0.3, -0.25) is 4.79 Å². The van der Waals surface area contributed by atoms with Crippen LogP contribution in [-0.4, -0.2) is 18.5 Å². The number of rotatable bonds is 5. The Balaban J connectivity index is 2.42. The molecule has 94 valence electrons. The van der Waals surface area contributed by atoms with Crippen molar-refractivity contribution in [3.8, 4) is 0 Å². The lowest BCUT2D eigenvalue weighted by molar-refractivity contribution is -0.120. The molecule has 0 spiro atoms. The van der Waals surface area contributed by atoms with E-state index in [0.29, 0.717) is 11.0 Å². The van der Waals surface area contributed by atoms with Crippen LogP contribution in [0.3, 0.4) is 0 Å². The second kappa shape index (κ2) is 6.71. The largest absolute Gasteiger partial charge is 0.356 e. The topological polar surface area (TPSA) is 55.1 Å². The van der Waals surface area contributed by atoms with Gasteiger partial charge in [-0.1, -0.05) is 6.07 Å². The number of nitrogens with two attached hydrogens (primary N) is 1. The molecule has 0 fully saturated rings. The smallest absolute Gasteiger partial charge is 0.224 e. The van der Waals surface area contributed by atoms with E-state index in [1.807, 2.05) is 6.92 Å². The third-order valence-electron chi connectivity index (χ3n) is 2.27. The molecule has 0 bridgehead atoms. The van der Waals surface area contributed by atoms with Crippen LogP contribution < -0.4 is 11.1 Å². The van der Waals surface area contributed by atoms with Crippen molar-refractivity contribution in [3.05, 3.63) is 34.1 Å². The predicted octanol–water partition coefficient (Wildman–Crippen LogP) is 1.98. The van der Waals surface area contributed by atoms with Gasteiger partial charge in [0, 0.05) is 12.6 Å². The molecule has 1 atom stereocenters. The first-order chi connectivity index (χ1) is 7.99. The Kier molecular flexibility index (Phi) is 5.58. The summed E-state index contributed by atoms with van der Waals surface area (Å²) in [7, 11) is 0. The van der Waals surface area contributed by atoms with Crippen molar-refractivity contribution in [2.45, 2.75) is 25.8 Å². The van der Waals surface area contributed by atoms with E-state index >= 15 is 0 Å². The highest BCUT2D eigenvalue weighted by molar-refractivity contribution is 9.10. The molecule has 0 aromatic heterocycles. The Bertz CT molecular complexity index is 396. The van der Waals surface area contributed by atoms with E-state index in [1.165, 1.54) is 6.07 Å². The second-order valence-electron chi connectivity index (χ2n) is 4.04. The minimum Gasteiger partial charge on any atom is -0.356 e. The molecule has 1 aromatic carbocycles. The molecular weight excluding hydrogens is 287 g/mol.